The average Bonchev–Trinajstić information content (AvgIpc) is 2.03. The van der Waals surface area contributed by atoms with Gasteiger partial charge in [0.25, 0.3) is 0 Å². The Kier molecular flexibility index (Phi) is 3.20. The summed E-state index contributed by atoms with van der Waals surface area (Å²) in [6.45, 7) is 3.64. The van der Waals surface area contributed by atoms with E-state index in [4.69, 9.17) is 0 Å². The first-order valence-corrected chi connectivity index (χ1v) is 4.81. The molecule has 1 rings (SSSR count). The minimum absolute atomic E-state index is 0.0203. The maximum Gasteiger partial charge on any atom is 0.166 e. The van der Waals surface area contributed by atoms with Gasteiger partial charge < -0.3 is 0 Å². The lowest BCUT2D eigenvalue weighted by molar-refractivity contribution is 0.0938. The molecule has 0 aliphatic carbocycles. The molecule has 0 N–H and O–H groups in total. The summed E-state index contributed by atoms with van der Waals surface area (Å²) in [4.78, 5) is 11.5. The normalized spacial score (nSPS) is 10.5. The molecule has 1 nitrogen and oxygen atoms in total. The van der Waals surface area contributed by atoms with E-state index in [-0.39, 0.29) is 17.5 Å². The Morgan fingerprint density at radius 2 is 2.08 bits per heavy atom. The first-order valence-electron chi connectivity index (χ1n) is 4.01. The highest BCUT2D eigenvalue weighted by atomic mass is 79.9. The summed E-state index contributed by atoms with van der Waals surface area (Å²) in [5.41, 5.74) is 0.538. The number of hydrogen-bond donors (Lipinski definition) is 0. The van der Waals surface area contributed by atoms with E-state index in [1.54, 1.807) is 0 Å². The van der Waals surface area contributed by atoms with Gasteiger partial charge in [0.15, 0.2) is 5.78 Å². The standard InChI is InChI=1S/C10H10BrFO/c1-6(2)10(13)8-4-3-7(12)5-9(8)11/h3-6H,1-2H3. The topological polar surface area (TPSA) is 17.1 Å². The van der Waals surface area contributed by atoms with Crippen molar-refractivity contribution in [2.24, 2.45) is 5.92 Å². The average molecular weight is 245 g/mol. The summed E-state index contributed by atoms with van der Waals surface area (Å²) in [7, 11) is 0. The monoisotopic (exact) mass is 244 g/mol. The lowest BCUT2D eigenvalue weighted by Crippen LogP contribution is -2.08. The van der Waals surface area contributed by atoms with Gasteiger partial charge in [-0.05, 0) is 34.1 Å². The van der Waals surface area contributed by atoms with Crippen LogP contribution in [-0.2, 0) is 0 Å². The second-order valence-corrected chi connectivity index (χ2v) is 4.00. The highest BCUT2D eigenvalue weighted by molar-refractivity contribution is 9.10. The fraction of sp³-hybridized carbons (Fsp3) is 0.300. The van der Waals surface area contributed by atoms with E-state index >= 15 is 0 Å². The van der Waals surface area contributed by atoms with E-state index in [1.807, 2.05) is 13.8 Å². The maximum atomic E-state index is 12.7. The molecule has 70 valence electrons. The molecule has 0 amide bonds. The minimum Gasteiger partial charge on any atom is -0.294 e. The second-order valence-electron chi connectivity index (χ2n) is 3.14. The van der Waals surface area contributed by atoms with Gasteiger partial charge in [0, 0.05) is 16.0 Å². The highest BCUT2D eigenvalue weighted by Gasteiger charge is 2.13. The van der Waals surface area contributed by atoms with Crippen molar-refractivity contribution in [3.63, 3.8) is 0 Å². The third kappa shape index (κ3) is 2.37. The molecule has 0 fully saturated rings. The molecule has 0 bridgehead atoms. The third-order valence-corrected chi connectivity index (χ3v) is 2.38. The van der Waals surface area contributed by atoms with Gasteiger partial charge in [-0.3, -0.25) is 4.79 Å². The molecule has 0 atom stereocenters. The first-order chi connectivity index (χ1) is 6.02. The molecule has 0 radical (unpaired) electrons. The summed E-state index contributed by atoms with van der Waals surface area (Å²) < 4.78 is 13.2. The van der Waals surface area contributed by atoms with Crippen molar-refractivity contribution in [2.45, 2.75) is 13.8 Å². The Morgan fingerprint density at radius 3 is 2.54 bits per heavy atom. The molecule has 3 heteroatoms. The fourth-order valence-corrected chi connectivity index (χ4v) is 1.55. The van der Waals surface area contributed by atoms with E-state index in [0.717, 1.165) is 0 Å². The molecule has 0 heterocycles. The van der Waals surface area contributed by atoms with Crippen molar-refractivity contribution in [1.82, 2.24) is 0 Å². The smallest absolute Gasteiger partial charge is 0.166 e. The predicted molar refractivity (Wildman–Crippen MR) is 53.3 cm³/mol. The molecular formula is C10H10BrFO. The van der Waals surface area contributed by atoms with Crippen LogP contribution in [0.15, 0.2) is 22.7 Å². The van der Waals surface area contributed by atoms with Crippen LogP contribution in [0.25, 0.3) is 0 Å². The van der Waals surface area contributed by atoms with Crippen LogP contribution in [-0.4, -0.2) is 5.78 Å². The number of carbonyl (C=O) groups excluding carboxylic acids is 1. The van der Waals surface area contributed by atoms with Crippen LogP contribution in [0.4, 0.5) is 4.39 Å². The number of Topliss-reactive ketones (excluding diaryl/α,β-unsaturated/α-hetero) is 1. The van der Waals surface area contributed by atoms with E-state index in [1.165, 1.54) is 18.2 Å². The maximum absolute atomic E-state index is 12.7. The summed E-state index contributed by atoms with van der Waals surface area (Å²) in [6, 6.07) is 4.09. The van der Waals surface area contributed by atoms with Gasteiger partial charge in [0.1, 0.15) is 5.82 Å². The predicted octanol–water partition coefficient (Wildman–Crippen LogP) is 3.43. The van der Waals surface area contributed by atoms with Gasteiger partial charge in [0.2, 0.25) is 0 Å². The van der Waals surface area contributed by atoms with Crippen LogP contribution in [0, 0.1) is 11.7 Å². The highest BCUT2D eigenvalue weighted by Crippen LogP contribution is 2.20. The van der Waals surface area contributed by atoms with Gasteiger partial charge in [0.05, 0.1) is 0 Å². The molecule has 1 aromatic carbocycles. The number of carbonyl (C=O) groups is 1. The SMILES string of the molecule is CC(C)C(=O)c1ccc(F)cc1Br. The number of ketones is 1. The zero-order chi connectivity index (χ0) is 10.0. The molecule has 0 saturated carbocycles. The van der Waals surface area contributed by atoms with Crippen LogP contribution in [0.1, 0.15) is 24.2 Å². The van der Waals surface area contributed by atoms with Crippen LogP contribution in [0.5, 0.6) is 0 Å². The number of rotatable bonds is 2. The van der Waals surface area contributed by atoms with E-state index in [2.05, 4.69) is 15.9 Å². The summed E-state index contributed by atoms with van der Waals surface area (Å²) >= 11 is 3.16. The molecule has 0 aliphatic rings. The van der Waals surface area contributed by atoms with Gasteiger partial charge in [-0.2, -0.15) is 0 Å². The number of halogens is 2. The Morgan fingerprint density at radius 1 is 1.46 bits per heavy atom. The largest absolute Gasteiger partial charge is 0.294 e. The van der Waals surface area contributed by atoms with Crippen LogP contribution in [0.2, 0.25) is 0 Å². The Bertz CT molecular complexity index is 334. The Balaban J connectivity index is 3.09. The van der Waals surface area contributed by atoms with Gasteiger partial charge >= 0.3 is 0 Å². The second kappa shape index (κ2) is 4.01. The van der Waals surface area contributed by atoms with E-state index in [0.29, 0.717) is 10.0 Å². The van der Waals surface area contributed by atoms with Crippen molar-refractivity contribution in [3.8, 4) is 0 Å². The zero-order valence-corrected chi connectivity index (χ0v) is 9.06. The van der Waals surface area contributed by atoms with Crippen molar-refractivity contribution >= 4 is 21.7 Å². The van der Waals surface area contributed by atoms with Crippen LogP contribution >= 0.6 is 15.9 Å². The summed E-state index contributed by atoms with van der Waals surface area (Å²) in [5.74, 6) is -0.388. The van der Waals surface area contributed by atoms with Crippen molar-refractivity contribution in [1.29, 1.82) is 0 Å². The summed E-state index contributed by atoms with van der Waals surface area (Å²) in [6.07, 6.45) is 0. The zero-order valence-electron chi connectivity index (χ0n) is 7.47. The quantitative estimate of drug-likeness (QED) is 0.729. The van der Waals surface area contributed by atoms with Crippen molar-refractivity contribution in [3.05, 3.63) is 34.1 Å². The first kappa shape index (κ1) is 10.4. The van der Waals surface area contributed by atoms with Gasteiger partial charge in [-0.1, -0.05) is 13.8 Å². The summed E-state index contributed by atoms with van der Waals surface area (Å²) in [5, 5.41) is 0. The Hall–Kier alpha value is -0.700. The molecular weight excluding hydrogens is 235 g/mol. The third-order valence-electron chi connectivity index (χ3n) is 1.72. The lowest BCUT2D eigenvalue weighted by Gasteiger charge is -2.05. The van der Waals surface area contributed by atoms with Crippen LogP contribution in [0.3, 0.4) is 0 Å². The van der Waals surface area contributed by atoms with E-state index < -0.39 is 0 Å². The number of hydrogen-bond acceptors (Lipinski definition) is 1. The fourth-order valence-electron chi connectivity index (χ4n) is 1.00. The molecule has 0 aliphatic heterocycles. The van der Waals surface area contributed by atoms with Crippen molar-refractivity contribution in [2.75, 3.05) is 0 Å². The van der Waals surface area contributed by atoms with Gasteiger partial charge in [-0.15, -0.1) is 0 Å². The molecule has 13 heavy (non-hydrogen) atoms. The van der Waals surface area contributed by atoms with Crippen LogP contribution < -0.4 is 0 Å². The Labute approximate surface area is 85.1 Å². The molecule has 0 spiro atoms. The molecule has 0 aromatic heterocycles. The number of benzene rings is 1. The molecule has 0 unspecified atom stereocenters. The molecule has 1 aromatic rings. The lowest BCUT2D eigenvalue weighted by atomic mass is 10.0. The van der Waals surface area contributed by atoms with E-state index in [9.17, 15) is 9.18 Å². The van der Waals surface area contributed by atoms with Gasteiger partial charge in [-0.25, -0.2) is 4.39 Å². The minimum atomic E-state index is -0.341. The van der Waals surface area contributed by atoms with Crippen molar-refractivity contribution < 1.29 is 9.18 Å². The molecule has 0 saturated heterocycles.